The van der Waals surface area contributed by atoms with Crippen LogP contribution in [0.25, 0.3) is 33.4 Å². The molecule has 3 amide bonds. The van der Waals surface area contributed by atoms with Crippen molar-refractivity contribution in [2.24, 2.45) is 16.7 Å². The molecular formula is C48H66N8O8S. The van der Waals surface area contributed by atoms with E-state index in [0.29, 0.717) is 57.1 Å². The Hall–Kier alpha value is -4.94. The van der Waals surface area contributed by atoms with E-state index in [2.05, 4.69) is 60.3 Å². The summed E-state index contributed by atoms with van der Waals surface area (Å²) in [4.78, 5) is 66.1. The van der Waals surface area contributed by atoms with Crippen molar-refractivity contribution in [3.8, 4) is 22.5 Å². The zero-order chi connectivity index (χ0) is 46.8. The van der Waals surface area contributed by atoms with Gasteiger partial charge < -0.3 is 34.1 Å². The molecule has 4 atom stereocenters. The van der Waals surface area contributed by atoms with E-state index in [1.807, 2.05) is 37.1 Å². The van der Waals surface area contributed by atoms with E-state index in [1.165, 1.54) is 25.4 Å². The number of hydrazine groups is 1. The van der Waals surface area contributed by atoms with Gasteiger partial charge in [-0.25, -0.2) is 15.2 Å². The lowest BCUT2D eigenvalue weighted by Crippen LogP contribution is -2.65. The van der Waals surface area contributed by atoms with Gasteiger partial charge in [0.15, 0.2) is 0 Å². The molecule has 3 fully saturated rings. The van der Waals surface area contributed by atoms with Crippen LogP contribution in [-0.4, -0.2) is 130 Å². The van der Waals surface area contributed by atoms with Crippen molar-refractivity contribution in [3.63, 3.8) is 0 Å². The highest BCUT2D eigenvalue weighted by Crippen LogP contribution is 2.46. The number of aliphatic hydroxyl groups excluding tert-OH is 1. The van der Waals surface area contributed by atoms with E-state index < -0.39 is 35.2 Å². The first-order valence-electron chi connectivity index (χ1n) is 22.8. The van der Waals surface area contributed by atoms with Gasteiger partial charge in [0.1, 0.15) is 12.3 Å². The maximum absolute atomic E-state index is 14.4. The number of aryl methyl sites for hydroxylation is 1. The number of aliphatic hydroxyl groups is 1. The lowest BCUT2D eigenvalue weighted by molar-refractivity contribution is -0.148. The summed E-state index contributed by atoms with van der Waals surface area (Å²) in [6.07, 6.45) is 3.36. The fraction of sp³-hybridized carbons (Fsp3) is 0.583. The number of carbonyl (C=O) groups excluding carboxylic acids is 4. The van der Waals surface area contributed by atoms with Crippen LogP contribution in [0.2, 0.25) is 0 Å². The quantitative estimate of drug-likeness (QED) is 0.113. The van der Waals surface area contributed by atoms with Gasteiger partial charge >= 0.3 is 12.1 Å². The molecule has 0 aliphatic carbocycles. The Kier molecular flexibility index (Phi) is 14.7. The molecule has 3 aromatic heterocycles. The van der Waals surface area contributed by atoms with Crippen LogP contribution in [0.1, 0.15) is 90.1 Å². The Morgan fingerprint density at radius 1 is 1.09 bits per heavy atom. The first kappa shape index (κ1) is 48.0. The number of nitrogens with one attached hydrogen (secondary N) is 2. The molecule has 3 saturated heterocycles. The second-order valence-corrected chi connectivity index (χ2v) is 19.9. The Balaban J connectivity index is 1.20. The van der Waals surface area contributed by atoms with Crippen molar-refractivity contribution in [3.05, 3.63) is 58.2 Å². The first-order valence-corrected chi connectivity index (χ1v) is 23.7. The summed E-state index contributed by atoms with van der Waals surface area (Å²) in [5.74, 6) is -1.08. The van der Waals surface area contributed by atoms with Gasteiger partial charge in [0, 0.05) is 104 Å². The van der Waals surface area contributed by atoms with Gasteiger partial charge in [-0.3, -0.25) is 29.3 Å². The summed E-state index contributed by atoms with van der Waals surface area (Å²) in [6.45, 7) is 16.9. The number of nitrogens with zero attached hydrogens (tertiary/aromatic N) is 6. The number of hydrogen-bond donors (Lipinski definition) is 3. The molecule has 17 heteroatoms. The van der Waals surface area contributed by atoms with Gasteiger partial charge in [0.25, 0.3) is 5.91 Å². The molecule has 4 aromatic rings. The number of likely N-dealkylation sites (tertiary alicyclic amines) is 2. The number of amides is 3. The summed E-state index contributed by atoms with van der Waals surface area (Å²) in [7, 11) is 3.02. The highest BCUT2D eigenvalue weighted by Gasteiger charge is 2.58. The molecule has 6 heterocycles. The summed E-state index contributed by atoms with van der Waals surface area (Å²) in [5, 5.41) is 20.1. The minimum absolute atomic E-state index is 0.175. The average Bonchev–Trinajstić information content (AvgIpc) is 3.98. The Morgan fingerprint density at radius 3 is 2.52 bits per heavy atom. The monoisotopic (exact) mass is 914 g/mol. The fourth-order valence-corrected chi connectivity index (χ4v) is 10.7. The van der Waals surface area contributed by atoms with Crippen LogP contribution in [0.3, 0.4) is 0 Å². The molecule has 0 radical (unpaired) electrons. The van der Waals surface area contributed by atoms with E-state index in [0.717, 1.165) is 57.5 Å². The molecule has 0 saturated carbocycles. The van der Waals surface area contributed by atoms with Crippen molar-refractivity contribution in [1.82, 2.24) is 40.1 Å². The number of benzene rings is 1. The van der Waals surface area contributed by atoms with E-state index in [9.17, 15) is 24.3 Å². The van der Waals surface area contributed by atoms with Gasteiger partial charge in [-0.15, -0.1) is 11.3 Å². The molecule has 7 rings (SSSR count). The Bertz CT molecular complexity index is 2370. The number of ether oxygens (including phenoxy) is 3. The number of carbonyl (C=O) groups is 4. The molecular weight excluding hydrogens is 849 g/mol. The van der Waals surface area contributed by atoms with E-state index in [4.69, 9.17) is 24.2 Å². The van der Waals surface area contributed by atoms with Crippen LogP contribution in [0.15, 0.2) is 41.9 Å². The number of hydrogen-bond acceptors (Lipinski definition) is 13. The van der Waals surface area contributed by atoms with Gasteiger partial charge in [0.2, 0.25) is 5.91 Å². The SMILES string of the molecule is CCn1c(-c2cccnc2[C@H](C)OC)c(CC(C)(C)COC(C)=O)c2cc(-c3csc(C[C@H](NC(=O)[C@H](C(C)C)N4CCC5(CN(C(=O)OC)C5)C4O)C(=O)N4CCCCN4)n3)ccc21. The van der Waals surface area contributed by atoms with Gasteiger partial charge in [-0.1, -0.05) is 33.8 Å². The minimum Gasteiger partial charge on any atom is -0.465 e. The number of esters is 1. The number of rotatable bonds is 16. The largest absolute Gasteiger partial charge is 0.465 e. The first-order chi connectivity index (χ1) is 31.0. The standard InChI is InChI=1S/C48H66N8O8S/c1-10-54-38-16-15-32(22-34(38)35(24-47(6,7)28-64-31(5)57)42(54)33-14-13-18-49-40(33)30(4)62-8)37-25-65-39(51-37)23-36(44(59)56-20-12-11-19-50-56)52-43(58)41(29(2)3)55-21-17-48(45(55)60)26-53(27-48)46(61)63-9/h13-16,18,22,25,29-30,36,41,45,50,60H,10-12,17,19-21,23-24,26-28H2,1-9H3,(H,52,58)/t30-,36-,41-,45?/m0/s1. The zero-order valence-corrected chi connectivity index (χ0v) is 40.1. The molecule has 65 heavy (non-hydrogen) atoms. The van der Waals surface area contributed by atoms with Crippen LogP contribution in [0, 0.1) is 16.7 Å². The number of fused-ring (bicyclic) bond motifs is 1. The molecule has 3 aliphatic heterocycles. The predicted octanol–water partition coefficient (Wildman–Crippen LogP) is 5.96. The van der Waals surface area contributed by atoms with Crippen LogP contribution in [0.5, 0.6) is 0 Å². The summed E-state index contributed by atoms with van der Waals surface area (Å²) >= 11 is 1.44. The molecule has 0 bridgehead atoms. The third kappa shape index (κ3) is 9.94. The number of methoxy groups -OCH3 is 2. The highest BCUT2D eigenvalue weighted by atomic mass is 32.1. The topological polar surface area (TPSA) is 181 Å². The van der Waals surface area contributed by atoms with Crippen molar-refractivity contribution in [1.29, 1.82) is 0 Å². The second-order valence-electron chi connectivity index (χ2n) is 19.0. The van der Waals surface area contributed by atoms with Crippen molar-refractivity contribution in [2.75, 3.05) is 53.6 Å². The number of thiazole rings is 1. The summed E-state index contributed by atoms with van der Waals surface area (Å²) in [6, 6.07) is 8.78. The molecule has 3 N–H and O–H groups in total. The third-order valence-electron chi connectivity index (χ3n) is 13.3. The van der Waals surface area contributed by atoms with Crippen molar-refractivity contribution >= 4 is 46.1 Å². The lowest BCUT2D eigenvalue weighted by Gasteiger charge is -2.50. The van der Waals surface area contributed by atoms with Crippen molar-refractivity contribution in [2.45, 2.75) is 112 Å². The molecule has 16 nitrogen and oxygen atoms in total. The smallest absolute Gasteiger partial charge is 0.409 e. The minimum atomic E-state index is -0.940. The molecule has 1 spiro atoms. The van der Waals surface area contributed by atoms with Crippen LogP contribution >= 0.6 is 11.3 Å². The predicted molar refractivity (Wildman–Crippen MR) is 248 cm³/mol. The molecule has 352 valence electrons. The summed E-state index contributed by atoms with van der Waals surface area (Å²) in [5.41, 5.74) is 8.92. The average molecular weight is 915 g/mol. The number of aromatic nitrogens is 3. The van der Waals surface area contributed by atoms with Crippen molar-refractivity contribution < 1.29 is 38.5 Å². The third-order valence-corrected chi connectivity index (χ3v) is 14.2. The van der Waals surface area contributed by atoms with Crippen LogP contribution < -0.4 is 10.7 Å². The normalized spacial score (nSPS) is 19.0. The molecule has 1 unspecified atom stereocenters. The van der Waals surface area contributed by atoms with Crippen LogP contribution in [0.4, 0.5) is 4.79 Å². The second kappa shape index (κ2) is 19.9. The van der Waals surface area contributed by atoms with E-state index >= 15 is 0 Å². The highest BCUT2D eigenvalue weighted by molar-refractivity contribution is 7.10. The van der Waals surface area contributed by atoms with Gasteiger partial charge in [0.05, 0.1) is 48.0 Å². The van der Waals surface area contributed by atoms with Gasteiger partial charge in [-0.05, 0) is 75.3 Å². The van der Waals surface area contributed by atoms with E-state index in [-0.39, 0.29) is 42.8 Å². The Morgan fingerprint density at radius 2 is 1.86 bits per heavy atom. The zero-order valence-electron chi connectivity index (χ0n) is 39.3. The maximum Gasteiger partial charge on any atom is 0.409 e. The Labute approximate surface area is 386 Å². The van der Waals surface area contributed by atoms with Gasteiger partial charge in [-0.2, -0.15) is 0 Å². The number of pyridine rings is 1. The van der Waals surface area contributed by atoms with E-state index in [1.54, 1.807) is 23.2 Å². The molecule has 3 aliphatic rings. The maximum atomic E-state index is 14.4. The van der Waals surface area contributed by atoms with Crippen LogP contribution in [-0.2, 0) is 48.0 Å². The molecule has 1 aromatic carbocycles. The lowest BCUT2D eigenvalue weighted by atomic mass is 9.77. The summed E-state index contributed by atoms with van der Waals surface area (Å²) < 4.78 is 18.6. The fourth-order valence-electron chi connectivity index (χ4n) is 9.89.